The monoisotopic (exact) mass is 452 g/mol. The Hall–Kier alpha value is -2.23. The van der Waals surface area contributed by atoms with E-state index in [4.69, 9.17) is 13.6 Å². The van der Waals surface area contributed by atoms with Gasteiger partial charge in [-0.2, -0.15) is 0 Å². The van der Waals surface area contributed by atoms with Gasteiger partial charge in [-0.25, -0.2) is 4.57 Å². The summed E-state index contributed by atoms with van der Waals surface area (Å²) in [4.78, 5) is 0. The van der Waals surface area contributed by atoms with Gasteiger partial charge in [0.15, 0.2) is 0 Å². The molecule has 0 spiro atoms. The Balaban J connectivity index is 1.77. The highest BCUT2D eigenvalue weighted by atomic mass is 31.2. The summed E-state index contributed by atoms with van der Waals surface area (Å²) in [5.41, 5.74) is 6.45. The second-order valence-corrected chi connectivity index (χ2v) is 9.30. The maximum absolute atomic E-state index is 13.7. The molecule has 3 rings (SSSR count). The number of benzene rings is 3. The summed E-state index contributed by atoms with van der Waals surface area (Å²) >= 11 is 0. The number of aryl methyl sites for hydroxylation is 3. The van der Waals surface area contributed by atoms with Crippen LogP contribution < -0.4 is 0 Å². The SMILES string of the molecule is CCc1ccccc1COP(=O)(OCc1ccccc1CC)OCc1ccccc1CC. The van der Waals surface area contributed by atoms with E-state index < -0.39 is 7.82 Å². The topological polar surface area (TPSA) is 44.8 Å². The van der Waals surface area contributed by atoms with E-state index in [0.717, 1.165) is 52.6 Å². The average Bonchev–Trinajstić information content (AvgIpc) is 2.85. The van der Waals surface area contributed by atoms with Crippen LogP contribution in [0.2, 0.25) is 0 Å². The minimum absolute atomic E-state index is 0.173. The first-order chi connectivity index (χ1) is 15.6. The fourth-order valence-electron chi connectivity index (χ4n) is 3.69. The molecule has 4 nitrogen and oxygen atoms in total. The molecule has 0 saturated carbocycles. The lowest BCUT2D eigenvalue weighted by Gasteiger charge is -2.20. The highest BCUT2D eigenvalue weighted by molar-refractivity contribution is 7.48. The second-order valence-electron chi connectivity index (χ2n) is 7.63. The van der Waals surface area contributed by atoms with Gasteiger partial charge in [0, 0.05) is 0 Å². The van der Waals surface area contributed by atoms with Crippen molar-refractivity contribution < 1.29 is 18.1 Å². The van der Waals surface area contributed by atoms with Gasteiger partial charge in [-0.15, -0.1) is 0 Å². The van der Waals surface area contributed by atoms with Gasteiger partial charge < -0.3 is 0 Å². The third-order valence-electron chi connectivity index (χ3n) is 5.63. The number of rotatable bonds is 12. The number of phosphoric ester groups is 1. The molecule has 0 radical (unpaired) electrons. The molecule has 0 aromatic heterocycles. The molecule has 3 aromatic carbocycles. The molecular weight excluding hydrogens is 419 g/mol. The van der Waals surface area contributed by atoms with Crippen LogP contribution in [0.25, 0.3) is 0 Å². The summed E-state index contributed by atoms with van der Waals surface area (Å²) in [7, 11) is -3.81. The molecule has 32 heavy (non-hydrogen) atoms. The van der Waals surface area contributed by atoms with Crippen molar-refractivity contribution in [3.8, 4) is 0 Å². The highest BCUT2D eigenvalue weighted by Crippen LogP contribution is 2.52. The predicted molar refractivity (Wildman–Crippen MR) is 129 cm³/mol. The zero-order chi connectivity index (χ0) is 22.8. The number of phosphoric acid groups is 1. The van der Waals surface area contributed by atoms with Crippen LogP contribution in [-0.4, -0.2) is 0 Å². The Morgan fingerprint density at radius 3 is 1.00 bits per heavy atom. The molecule has 0 saturated heterocycles. The van der Waals surface area contributed by atoms with Crippen molar-refractivity contribution in [3.63, 3.8) is 0 Å². The molecule has 0 amide bonds. The summed E-state index contributed by atoms with van der Waals surface area (Å²) in [5, 5.41) is 0. The Labute approximate surface area is 192 Å². The van der Waals surface area contributed by atoms with Crippen LogP contribution in [-0.2, 0) is 57.2 Å². The molecular formula is C27H33O4P. The van der Waals surface area contributed by atoms with Crippen molar-refractivity contribution in [1.82, 2.24) is 0 Å². The molecule has 0 unspecified atom stereocenters. The fourth-order valence-corrected chi connectivity index (χ4v) is 4.80. The largest absolute Gasteiger partial charge is 0.475 e. The van der Waals surface area contributed by atoms with E-state index in [1.807, 2.05) is 54.6 Å². The lowest BCUT2D eigenvalue weighted by atomic mass is 10.1. The van der Waals surface area contributed by atoms with Crippen LogP contribution >= 0.6 is 7.82 Å². The van der Waals surface area contributed by atoms with Crippen molar-refractivity contribution in [2.24, 2.45) is 0 Å². The standard InChI is InChI=1S/C27H33O4P/c1-4-22-13-7-10-16-25(22)19-29-32(28,30-20-26-17-11-8-14-23(26)5-2)31-21-27-18-12-9-15-24(27)6-3/h7-18H,4-6,19-21H2,1-3H3. The summed E-state index contributed by atoms with van der Waals surface area (Å²) in [6.07, 6.45) is 2.62. The average molecular weight is 453 g/mol. The molecule has 0 heterocycles. The smallest absolute Gasteiger partial charge is 0.282 e. The van der Waals surface area contributed by atoms with Crippen LogP contribution in [0.5, 0.6) is 0 Å². The first kappa shape index (κ1) is 24.4. The Morgan fingerprint density at radius 2 is 0.750 bits per heavy atom. The highest BCUT2D eigenvalue weighted by Gasteiger charge is 2.28. The number of hydrogen-bond acceptors (Lipinski definition) is 4. The van der Waals surface area contributed by atoms with Crippen molar-refractivity contribution in [1.29, 1.82) is 0 Å². The van der Waals surface area contributed by atoms with E-state index in [1.54, 1.807) is 0 Å². The molecule has 0 aliphatic rings. The zero-order valence-electron chi connectivity index (χ0n) is 19.3. The molecule has 0 atom stereocenters. The predicted octanol–water partition coefficient (Wildman–Crippen LogP) is 7.43. The van der Waals surface area contributed by atoms with Crippen LogP contribution in [0.4, 0.5) is 0 Å². The van der Waals surface area contributed by atoms with Gasteiger partial charge in [0.25, 0.3) is 0 Å². The van der Waals surface area contributed by atoms with E-state index in [-0.39, 0.29) is 19.8 Å². The van der Waals surface area contributed by atoms with Crippen molar-refractivity contribution in [2.45, 2.75) is 59.9 Å². The van der Waals surface area contributed by atoms with Crippen molar-refractivity contribution in [2.75, 3.05) is 0 Å². The van der Waals surface area contributed by atoms with Crippen molar-refractivity contribution in [3.05, 3.63) is 106 Å². The van der Waals surface area contributed by atoms with E-state index in [1.165, 1.54) is 0 Å². The lowest BCUT2D eigenvalue weighted by Crippen LogP contribution is -2.05. The quantitative estimate of drug-likeness (QED) is 0.268. The fraction of sp³-hybridized carbons (Fsp3) is 0.333. The molecule has 3 aromatic rings. The second kappa shape index (κ2) is 12.1. The first-order valence-electron chi connectivity index (χ1n) is 11.3. The van der Waals surface area contributed by atoms with E-state index >= 15 is 0 Å². The summed E-state index contributed by atoms with van der Waals surface area (Å²) in [5.74, 6) is 0. The van der Waals surface area contributed by atoms with Gasteiger partial charge >= 0.3 is 7.82 Å². The zero-order valence-corrected chi connectivity index (χ0v) is 20.1. The Kier molecular flexibility index (Phi) is 9.25. The third-order valence-corrected chi connectivity index (χ3v) is 6.97. The van der Waals surface area contributed by atoms with Crippen LogP contribution in [0.15, 0.2) is 72.8 Å². The third kappa shape index (κ3) is 6.63. The maximum Gasteiger partial charge on any atom is 0.475 e. The summed E-state index contributed by atoms with van der Waals surface area (Å²) < 4.78 is 31.2. The minimum atomic E-state index is -3.81. The van der Waals surface area contributed by atoms with Gasteiger partial charge in [-0.05, 0) is 52.6 Å². The Morgan fingerprint density at radius 1 is 0.500 bits per heavy atom. The van der Waals surface area contributed by atoms with Gasteiger partial charge in [-0.1, -0.05) is 93.6 Å². The summed E-state index contributed by atoms with van der Waals surface area (Å²) in [6.45, 7) is 6.79. The van der Waals surface area contributed by atoms with E-state index in [0.29, 0.717) is 0 Å². The number of hydrogen-bond donors (Lipinski definition) is 0. The maximum atomic E-state index is 13.7. The van der Waals surface area contributed by atoms with E-state index in [2.05, 4.69) is 39.0 Å². The summed E-state index contributed by atoms with van der Waals surface area (Å²) in [6, 6.07) is 24.0. The van der Waals surface area contributed by atoms with E-state index in [9.17, 15) is 4.57 Å². The van der Waals surface area contributed by atoms with Gasteiger partial charge in [0.2, 0.25) is 0 Å². The minimum Gasteiger partial charge on any atom is -0.282 e. The molecule has 170 valence electrons. The molecule has 0 aliphatic heterocycles. The van der Waals surface area contributed by atoms with Crippen LogP contribution in [0.1, 0.15) is 54.2 Å². The van der Waals surface area contributed by atoms with Crippen LogP contribution in [0.3, 0.4) is 0 Å². The normalized spacial score (nSPS) is 11.6. The Bertz CT molecular complexity index is 915. The molecule has 0 aliphatic carbocycles. The lowest BCUT2D eigenvalue weighted by molar-refractivity contribution is 0.0973. The molecule has 0 fully saturated rings. The van der Waals surface area contributed by atoms with Gasteiger partial charge in [-0.3, -0.25) is 13.6 Å². The van der Waals surface area contributed by atoms with Crippen LogP contribution in [0, 0.1) is 0 Å². The molecule has 0 N–H and O–H groups in total. The van der Waals surface area contributed by atoms with Gasteiger partial charge in [0.1, 0.15) is 0 Å². The molecule has 0 bridgehead atoms. The van der Waals surface area contributed by atoms with Gasteiger partial charge in [0.05, 0.1) is 19.8 Å². The molecule has 5 heteroatoms. The van der Waals surface area contributed by atoms with Crippen molar-refractivity contribution >= 4 is 7.82 Å². The first-order valence-corrected chi connectivity index (χ1v) is 12.8.